The van der Waals surface area contributed by atoms with E-state index >= 15 is 0 Å². The lowest BCUT2D eigenvalue weighted by Crippen LogP contribution is -2.01. The summed E-state index contributed by atoms with van der Waals surface area (Å²) in [5.74, 6) is -0.333. The monoisotopic (exact) mass is 122 g/mol. The van der Waals surface area contributed by atoms with E-state index in [0.717, 1.165) is 0 Å². The second kappa shape index (κ2) is 5.67. The average Bonchev–Trinajstić information content (AvgIpc) is 1.25. The number of primary amides is 1. The van der Waals surface area contributed by atoms with Crippen molar-refractivity contribution < 1.29 is 15.1 Å². The Bertz CT molecular complexity index is 70.0. The number of hydrogen-bond donors (Lipinski definition) is 2. The first-order valence-electron chi connectivity index (χ1n) is 1.56. The van der Waals surface area contributed by atoms with Crippen molar-refractivity contribution in [1.82, 2.24) is 0 Å². The third-order valence-electron chi connectivity index (χ3n) is 0. The van der Waals surface area contributed by atoms with Crippen LogP contribution >= 0.6 is 0 Å². The molecule has 0 aromatic carbocycles. The van der Waals surface area contributed by atoms with Gasteiger partial charge in [0.2, 0.25) is 5.91 Å². The minimum Gasteiger partial charge on any atom is -0.370 e. The maximum atomic E-state index is 9.22. The summed E-state index contributed by atoms with van der Waals surface area (Å²) in [5.41, 5.74) is 4.47. The van der Waals surface area contributed by atoms with Crippen molar-refractivity contribution in [2.24, 2.45) is 5.73 Å². The zero-order chi connectivity index (χ0) is 7.15. The van der Waals surface area contributed by atoms with Crippen LogP contribution in [-0.2, 0) is 4.79 Å². The van der Waals surface area contributed by atoms with E-state index in [1.165, 1.54) is 6.92 Å². The van der Waals surface area contributed by atoms with Gasteiger partial charge in [0.05, 0.1) is 0 Å². The molecule has 0 aromatic heterocycles. The van der Waals surface area contributed by atoms with Gasteiger partial charge in [0.15, 0.2) is 0 Å². The van der Waals surface area contributed by atoms with Crippen molar-refractivity contribution in [2.75, 3.05) is 0 Å². The largest absolute Gasteiger partial charge is 0.370 e. The summed E-state index contributed by atoms with van der Waals surface area (Å²) >= 11 is 0. The normalized spacial score (nSPS) is 6.12. The molecule has 0 aliphatic rings. The number of amides is 1. The first kappa shape index (κ1) is 9.83. The SMILES string of the molecule is CC(N)=O.O=[N+]([O-])O. The minimum absolute atomic E-state index is 0.333. The molecule has 0 saturated carbocycles. The summed E-state index contributed by atoms with van der Waals surface area (Å²) in [5, 5.41) is 13.6. The molecule has 0 atom stereocenters. The molecule has 0 radical (unpaired) electrons. The van der Waals surface area contributed by atoms with Crippen LogP contribution in [0.4, 0.5) is 0 Å². The predicted molar refractivity (Wildman–Crippen MR) is 23.6 cm³/mol. The van der Waals surface area contributed by atoms with Gasteiger partial charge >= 0.3 is 0 Å². The molecule has 0 unspecified atom stereocenters. The molecule has 6 nitrogen and oxygen atoms in total. The molecule has 0 aliphatic heterocycles. The van der Waals surface area contributed by atoms with Crippen molar-refractivity contribution >= 4 is 5.91 Å². The summed E-state index contributed by atoms with van der Waals surface area (Å²) in [4.78, 5) is 17.6. The summed E-state index contributed by atoms with van der Waals surface area (Å²) in [7, 11) is 0. The molecule has 0 aromatic rings. The van der Waals surface area contributed by atoms with Crippen LogP contribution in [0, 0.1) is 10.1 Å². The fraction of sp³-hybridized carbons (Fsp3) is 0.500. The molecule has 8 heavy (non-hydrogen) atoms. The first-order valence-corrected chi connectivity index (χ1v) is 1.56. The number of nitrogens with two attached hydrogens (primary N) is 1. The van der Waals surface area contributed by atoms with Gasteiger partial charge in [0, 0.05) is 6.92 Å². The van der Waals surface area contributed by atoms with Crippen LogP contribution in [0.3, 0.4) is 0 Å². The van der Waals surface area contributed by atoms with Gasteiger partial charge in [-0.3, -0.25) is 4.79 Å². The Balaban J connectivity index is 0. The van der Waals surface area contributed by atoms with Crippen LogP contribution in [0.2, 0.25) is 0 Å². The van der Waals surface area contributed by atoms with Gasteiger partial charge in [0.1, 0.15) is 0 Å². The highest BCUT2D eigenvalue weighted by Gasteiger charge is 1.65. The zero-order valence-electron chi connectivity index (χ0n) is 4.20. The van der Waals surface area contributed by atoms with Crippen LogP contribution in [0.1, 0.15) is 6.92 Å². The van der Waals surface area contributed by atoms with Crippen molar-refractivity contribution in [3.05, 3.63) is 10.1 Å². The van der Waals surface area contributed by atoms with Gasteiger partial charge in [-0.2, -0.15) is 0 Å². The Kier molecular flexibility index (Phi) is 6.97. The van der Waals surface area contributed by atoms with Gasteiger partial charge in [-0.25, -0.2) is 0 Å². The second-order valence-electron chi connectivity index (χ2n) is 0.848. The molecule has 6 heteroatoms. The van der Waals surface area contributed by atoms with Crippen LogP contribution < -0.4 is 5.73 Å². The van der Waals surface area contributed by atoms with E-state index in [1.807, 2.05) is 0 Å². The quantitative estimate of drug-likeness (QED) is 0.322. The zero-order valence-corrected chi connectivity index (χ0v) is 4.20. The van der Waals surface area contributed by atoms with E-state index < -0.39 is 5.09 Å². The fourth-order valence-corrected chi connectivity index (χ4v) is 0. The Morgan fingerprint density at radius 3 is 1.88 bits per heavy atom. The van der Waals surface area contributed by atoms with Crippen LogP contribution in [0.15, 0.2) is 0 Å². The molecule has 48 valence electrons. The van der Waals surface area contributed by atoms with Crippen LogP contribution in [0.5, 0.6) is 0 Å². The van der Waals surface area contributed by atoms with Crippen molar-refractivity contribution in [1.29, 1.82) is 0 Å². The molecule has 0 heterocycles. The number of hydrogen-bond acceptors (Lipinski definition) is 3. The highest BCUT2D eigenvalue weighted by Crippen LogP contribution is 1.38. The van der Waals surface area contributed by atoms with Gasteiger partial charge in [-0.15, -0.1) is 10.1 Å². The van der Waals surface area contributed by atoms with Gasteiger partial charge in [0.25, 0.3) is 5.09 Å². The van der Waals surface area contributed by atoms with E-state index in [0.29, 0.717) is 0 Å². The summed E-state index contributed by atoms with van der Waals surface area (Å²) in [6.07, 6.45) is 0. The maximum Gasteiger partial charge on any atom is 0.291 e. The topological polar surface area (TPSA) is 106 Å². The minimum atomic E-state index is -1.50. The third-order valence-corrected chi connectivity index (χ3v) is 0. The lowest BCUT2D eigenvalue weighted by Gasteiger charge is -1.60. The fourth-order valence-electron chi connectivity index (χ4n) is 0. The molecule has 0 fully saturated rings. The summed E-state index contributed by atoms with van der Waals surface area (Å²) < 4.78 is 0. The van der Waals surface area contributed by atoms with Crippen molar-refractivity contribution in [3.63, 3.8) is 0 Å². The Labute approximate surface area is 45.0 Å². The summed E-state index contributed by atoms with van der Waals surface area (Å²) in [6, 6.07) is 0. The molecule has 0 spiro atoms. The Hall–Kier alpha value is -1.33. The van der Waals surface area contributed by atoms with E-state index in [1.54, 1.807) is 0 Å². The number of carbonyl (C=O) groups is 1. The second-order valence-corrected chi connectivity index (χ2v) is 0.848. The van der Waals surface area contributed by atoms with E-state index in [-0.39, 0.29) is 5.91 Å². The van der Waals surface area contributed by atoms with Crippen LogP contribution in [-0.4, -0.2) is 16.2 Å². The maximum absolute atomic E-state index is 9.22. The van der Waals surface area contributed by atoms with E-state index in [9.17, 15) is 4.79 Å². The number of nitrogens with zero attached hydrogens (tertiary/aromatic N) is 1. The highest BCUT2D eigenvalue weighted by molar-refractivity contribution is 5.70. The molecular formula is C2H6N2O4. The molecule has 1 amide bonds. The molecular weight excluding hydrogens is 116 g/mol. The molecule has 0 aliphatic carbocycles. The lowest BCUT2D eigenvalue weighted by atomic mass is 10.8. The van der Waals surface area contributed by atoms with E-state index in [4.69, 9.17) is 15.3 Å². The number of carbonyl (C=O) groups excluding carboxylic acids is 1. The van der Waals surface area contributed by atoms with Gasteiger partial charge in [-0.1, -0.05) is 0 Å². The van der Waals surface area contributed by atoms with Crippen molar-refractivity contribution in [3.8, 4) is 0 Å². The smallest absolute Gasteiger partial charge is 0.291 e. The molecule has 3 N–H and O–H groups in total. The van der Waals surface area contributed by atoms with Gasteiger partial charge < -0.3 is 10.9 Å². The van der Waals surface area contributed by atoms with Crippen molar-refractivity contribution in [2.45, 2.75) is 6.92 Å². The van der Waals surface area contributed by atoms with Gasteiger partial charge in [-0.05, 0) is 0 Å². The number of rotatable bonds is 0. The first-order chi connectivity index (χ1) is 3.46. The Morgan fingerprint density at radius 1 is 1.88 bits per heavy atom. The average molecular weight is 122 g/mol. The molecule has 0 saturated heterocycles. The third kappa shape index (κ3) is 35.6. The predicted octanol–water partition coefficient (Wildman–Crippen LogP) is -0.856. The summed E-state index contributed by atoms with van der Waals surface area (Å²) in [6.45, 7) is 1.31. The molecule has 0 bridgehead atoms. The Morgan fingerprint density at radius 2 is 1.88 bits per heavy atom. The molecule has 0 rings (SSSR count). The lowest BCUT2D eigenvalue weighted by molar-refractivity contribution is -0.742. The highest BCUT2D eigenvalue weighted by atomic mass is 16.9. The van der Waals surface area contributed by atoms with Crippen LogP contribution in [0.25, 0.3) is 0 Å². The van der Waals surface area contributed by atoms with E-state index in [2.05, 4.69) is 5.73 Å². The standard InChI is InChI=1S/C2H5NO.HNO3/c1-2(3)4;2-1(3)4/h1H3,(H2,3,4);(H,2,3,4).